The van der Waals surface area contributed by atoms with Crippen molar-refractivity contribution in [3.05, 3.63) is 0 Å². The highest BCUT2D eigenvalue weighted by molar-refractivity contribution is 7.80. The molecule has 0 aromatic heterocycles. The van der Waals surface area contributed by atoms with Gasteiger partial charge in [-0.2, -0.15) is 12.6 Å². The maximum absolute atomic E-state index is 13.9. The Morgan fingerprint density at radius 1 is 0.644 bits per heavy atom. The number of aliphatic carboxylic acids is 2. The average Bonchev–Trinajstić information content (AvgIpc) is 4.04. The van der Waals surface area contributed by atoms with E-state index in [4.69, 9.17) is 17.2 Å². The van der Waals surface area contributed by atoms with Crippen LogP contribution in [0.2, 0.25) is 0 Å². The molecule has 0 saturated carbocycles. The number of carbonyl (C=O) groups is 12. The first-order valence-corrected chi connectivity index (χ1v) is 24.0. The zero-order chi connectivity index (χ0) is 55.1. The topological polar surface area (TPSA) is 479 Å². The van der Waals surface area contributed by atoms with Gasteiger partial charge >= 0.3 is 11.9 Å². The van der Waals surface area contributed by atoms with E-state index >= 15 is 0 Å². The van der Waals surface area contributed by atoms with Gasteiger partial charge in [-0.3, -0.25) is 57.7 Å². The Morgan fingerprint density at radius 2 is 1.16 bits per heavy atom. The highest BCUT2D eigenvalue weighted by atomic mass is 32.1. The minimum Gasteiger partial charge on any atom is -0.481 e. The van der Waals surface area contributed by atoms with E-state index in [1.807, 2.05) is 0 Å². The third kappa shape index (κ3) is 20.3. The lowest BCUT2D eigenvalue weighted by Crippen LogP contribution is -2.60. The van der Waals surface area contributed by atoms with Crippen LogP contribution in [0.25, 0.3) is 0 Å². The number of carbonyl (C=O) groups excluding carboxylic acids is 10. The zero-order valence-corrected chi connectivity index (χ0v) is 41.7. The molecular weight excluding hydrogens is 989 g/mol. The van der Waals surface area contributed by atoms with Gasteiger partial charge in [0.15, 0.2) is 5.96 Å². The number of hydrogen-bond donors (Lipinski definition) is 16. The number of carboxylic acids is 2. The molecule has 0 aromatic rings. The number of nitrogens with two attached hydrogens (primary N) is 3. The quantitative estimate of drug-likeness (QED) is 0.0137. The molecular formula is C42H70N14O16S. The maximum atomic E-state index is 13.9. The predicted molar refractivity (Wildman–Crippen MR) is 258 cm³/mol. The fourth-order valence-corrected chi connectivity index (χ4v) is 7.97. The molecule has 2 heterocycles. The number of amides is 10. The standard InChI is InChI=1S/C42H70N14O16S/c1-20(2)13-23(34(64)48-21(3)39(69)55-11-5-8-28(55)38(68)52-25(17-57)36(66)54-27(19-73)41(71)72)51-37(67)29-9-6-12-56(29)40(70)26(18-58)53-35(65)24(14-32(61)62)50-31(60)16-47-33(63)22(49-30(59)15-43)7-4-10-46-42(44)45/h20-29,57-58,73H,4-19,43H2,1-3H3,(H,47,63)(H,48,64)(H,49,59)(H,50,60)(H,51,67)(H,52,68)(H,53,65)(H,54,66)(H,61,62)(H,71,72)(H4,44,45,46)/t21-,22-,23-,24-,25-,26-,27-,28-,29-/m0/s1. The Labute approximate surface area is 425 Å². The molecule has 73 heavy (non-hydrogen) atoms. The zero-order valence-electron chi connectivity index (χ0n) is 40.8. The molecule has 0 bridgehead atoms. The van der Waals surface area contributed by atoms with Gasteiger partial charge < -0.3 is 90.0 Å². The summed E-state index contributed by atoms with van der Waals surface area (Å²) < 4.78 is 0. The van der Waals surface area contributed by atoms with Crippen molar-refractivity contribution >= 4 is 89.6 Å². The molecule has 2 saturated heterocycles. The number of carboxylic acid groups (broad SMARTS) is 2. The van der Waals surface area contributed by atoms with Crippen LogP contribution in [-0.2, 0) is 57.5 Å². The van der Waals surface area contributed by atoms with Gasteiger partial charge in [0.1, 0.15) is 54.4 Å². The Balaban J connectivity index is 2.13. The van der Waals surface area contributed by atoms with Crippen LogP contribution in [0.1, 0.15) is 72.1 Å². The van der Waals surface area contributed by atoms with Crippen LogP contribution in [0.4, 0.5) is 0 Å². The number of hydrogen-bond acceptors (Lipinski definition) is 17. The number of nitrogens with one attached hydrogen (secondary N) is 8. The van der Waals surface area contributed by atoms with Gasteiger partial charge in [0.25, 0.3) is 0 Å². The summed E-state index contributed by atoms with van der Waals surface area (Å²) in [5, 5.41) is 57.4. The normalized spacial score (nSPS) is 18.0. The van der Waals surface area contributed by atoms with Crippen LogP contribution in [0.15, 0.2) is 4.99 Å². The first kappa shape index (κ1) is 62.3. The summed E-state index contributed by atoms with van der Waals surface area (Å²) in [5.41, 5.74) is 15.9. The van der Waals surface area contributed by atoms with E-state index in [9.17, 15) is 78.0 Å². The van der Waals surface area contributed by atoms with Crippen molar-refractivity contribution in [3.8, 4) is 0 Å². The lowest BCUT2D eigenvalue weighted by Gasteiger charge is -2.31. The van der Waals surface area contributed by atoms with Crippen molar-refractivity contribution in [1.82, 2.24) is 52.3 Å². The number of aliphatic hydroxyl groups is 2. The number of guanidine groups is 1. The average molecular weight is 1060 g/mol. The second-order valence-corrected chi connectivity index (χ2v) is 17.9. The SMILES string of the molecule is CC(C)C[C@H](NC(=O)[C@@H]1CCCN1C(=O)[C@H](CO)NC(=O)[C@H](CC(=O)O)NC(=O)CNC(=O)[C@H](CCCN=C(N)N)NC(=O)CN)C(=O)N[C@@H](C)C(=O)N1CCC[C@H]1C(=O)N[C@@H](CO)C(=O)N[C@@H](CS)C(=O)O. The van der Waals surface area contributed by atoms with Gasteiger partial charge in [-0.15, -0.1) is 0 Å². The smallest absolute Gasteiger partial charge is 0.327 e. The summed E-state index contributed by atoms with van der Waals surface area (Å²) in [6.07, 6.45) is 0.159. The van der Waals surface area contributed by atoms with E-state index in [-0.39, 0.29) is 75.8 Å². The molecule has 0 spiro atoms. The van der Waals surface area contributed by atoms with Crippen molar-refractivity contribution in [3.63, 3.8) is 0 Å². The Kier molecular flexibility index (Phi) is 26.3. The molecule has 0 aliphatic carbocycles. The van der Waals surface area contributed by atoms with E-state index in [0.717, 1.165) is 4.90 Å². The summed E-state index contributed by atoms with van der Waals surface area (Å²) >= 11 is 3.87. The molecule has 9 atom stereocenters. The van der Waals surface area contributed by atoms with Crippen molar-refractivity contribution in [2.24, 2.45) is 28.1 Å². The lowest BCUT2D eigenvalue weighted by atomic mass is 10.0. The van der Waals surface area contributed by atoms with Gasteiger partial charge in [-0.05, 0) is 57.8 Å². The van der Waals surface area contributed by atoms with Crippen LogP contribution < -0.4 is 59.7 Å². The van der Waals surface area contributed by atoms with Crippen molar-refractivity contribution in [1.29, 1.82) is 0 Å². The number of likely N-dealkylation sites (tertiary alicyclic amines) is 2. The first-order valence-electron chi connectivity index (χ1n) is 23.4. The largest absolute Gasteiger partial charge is 0.481 e. The number of nitrogens with zero attached hydrogens (tertiary/aromatic N) is 3. The monoisotopic (exact) mass is 1060 g/mol. The molecule has 18 N–H and O–H groups in total. The van der Waals surface area contributed by atoms with E-state index < -0.39 is 158 Å². The van der Waals surface area contributed by atoms with E-state index in [2.05, 4.69) is 60.2 Å². The molecule has 2 rings (SSSR count). The molecule has 2 aliphatic heterocycles. The third-order valence-corrected chi connectivity index (χ3v) is 11.8. The van der Waals surface area contributed by atoms with E-state index in [0.29, 0.717) is 6.42 Å². The molecule has 0 radical (unpaired) electrons. The molecule has 0 unspecified atom stereocenters. The maximum Gasteiger partial charge on any atom is 0.327 e. The van der Waals surface area contributed by atoms with Crippen LogP contribution in [-0.4, -0.2) is 213 Å². The van der Waals surface area contributed by atoms with Gasteiger partial charge in [-0.1, -0.05) is 13.8 Å². The van der Waals surface area contributed by atoms with Gasteiger partial charge in [-0.25, -0.2) is 4.79 Å². The third-order valence-electron chi connectivity index (χ3n) is 11.4. The van der Waals surface area contributed by atoms with Crippen LogP contribution in [0, 0.1) is 5.92 Å². The minimum atomic E-state index is -1.85. The second-order valence-electron chi connectivity index (χ2n) is 17.6. The highest BCUT2D eigenvalue weighted by Crippen LogP contribution is 2.21. The lowest BCUT2D eigenvalue weighted by molar-refractivity contribution is -0.144. The van der Waals surface area contributed by atoms with Crippen LogP contribution in [0.3, 0.4) is 0 Å². The van der Waals surface area contributed by atoms with E-state index in [1.54, 1.807) is 13.8 Å². The minimum absolute atomic E-state index is 0.0233. The number of aliphatic hydroxyl groups excluding tert-OH is 2. The Hall–Kier alpha value is -6.86. The van der Waals surface area contributed by atoms with Crippen molar-refractivity contribution in [2.75, 3.05) is 51.7 Å². The molecule has 0 aromatic carbocycles. The summed E-state index contributed by atoms with van der Waals surface area (Å²) in [6, 6.07) is -12.6. The first-order chi connectivity index (χ1) is 34.4. The number of rotatable bonds is 30. The van der Waals surface area contributed by atoms with E-state index in [1.165, 1.54) is 11.8 Å². The summed E-state index contributed by atoms with van der Waals surface area (Å²) in [4.78, 5) is 161. The summed E-state index contributed by atoms with van der Waals surface area (Å²) in [6.45, 7) is 1.82. The molecule has 2 aliphatic rings. The van der Waals surface area contributed by atoms with Crippen LogP contribution >= 0.6 is 12.6 Å². The van der Waals surface area contributed by atoms with Crippen molar-refractivity contribution < 1.29 is 78.0 Å². The molecule has 10 amide bonds. The van der Waals surface area contributed by atoms with Crippen molar-refractivity contribution in [2.45, 2.75) is 127 Å². The number of thiol groups is 1. The number of aliphatic imine (C=N–C) groups is 1. The molecule has 2 fully saturated rings. The van der Waals surface area contributed by atoms with Gasteiger partial charge in [0.05, 0.1) is 32.7 Å². The molecule has 31 heteroatoms. The Bertz CT molecular complexity index is 2040. The second kappa shape index (κ2) is 30.9. The Morgan fingerprint density at radius 3 is 1.67 bits per heavy atom. The summed E-state index contributed by atoms with van der Waals surface area (Å²) in [5.74, 6) is -12.5. The van der Waals surface area contributed by atoms with Gasteiger partial charge in [0.2, 0.25) is 59.1 Å². The van der Waals surface area contributed by atoms with Crippen LogP contribution in [0.5, 0.6) is 0 Å². The molecule has 30 nitrogen and oxygen atoms in total. The summed E-state index contributed by atoms with van der Waals surface area (Å²) in [7, 11) is 0. The highest BCUT2D eigenvalue weighted by Gasteiger charge is 2.42. The fraction of sp³-hybridized carbons (Fsp3) is 0.690. The van der Waals surface area contributed by atoms with Gasteiger partial charge in [0, 0.05) is 25.4 Å². The molecule has 410 valence electrons. The predicted octanol–water partition coefficient (Wildman–Crippen LogP) is -7.97. The fourth-order valence-electron chi connectivity index (χ4n) is 7.72.